The van der Waals surface area contributed by atoms with E-state index in [4.69, 9.17) is 16.3 Å². The highest BCUT2D eigenvalue weighted by molar-refractivity contribution is 6.35. The van der Waals surface area contributed by atoms with Crippen LogP contribution in [0.3, 0.4) is 0 Å². The molecule has 1 fully saturated rings. The lowest BCUT2D eigenvalue weighted by Crippen LogP contribution is -2.32. The van der Waals surface area contributed by atoms with Gasteiger partial charge in [-0.15, -0.1) is 0 Å². The Bertz CT molecular complexity index is 1510. The second-order valence-electron chi connectivity index (χ2n) is 8.81. The van der Waals surface area contributed by atoms with Crippen molar-refractivity contribution < 1.29 is 32.2 Å². The van der Waals surface area contributed by atoms with Crippen molar-refractivity contribution >= 4 is 40.2 Å². The second-order valence-corrected chi connectivity index (χ2v) is 9.22. The van der Waals surface area contributed by atoms with Crippen molar-refractivity contribution in [2.24, 2.45) is 0 Å². The zero-order valence-corrected chi connectivity index (χ0v) is 20.8. The number of ketones is 1. The molecule has 0 amide bonds. The third-order valence-electron chi connectivity index (χ3n) is 6.09. The zero-order chi connectivity index (χ0) is 27.6. The average molecular weight is 560 g/mol. The van der Waals surface area contributed by atoms with Gasteiger partial charge >= 0.3 is 12.1 Å². The number of H-pyrrole nitrogens is 1. The van der Waals surface area contributed by atoms with Gasteiger partial charge in [-0.1, -0.05) is 29.8 Å². The summed E-state index contributed by atoms with van der Waals surface area (Å²) in [6.45, 7) is -0.0474. The van der Waals surface area contributed by atoms with Crippen LogP contribution < -0.4 is 15.4 Å². The number of rotatable bonds is 8. The highest BCUT2D eigenvalue weighted by Crippen LogP contribution is 2.32. The number of hydrogen-bond donors (Lipinski definition) is 3. The molecule has 9 nitrogen and oxygen atoms in total. The number of benzene rings is 2. The number of fused-ring (bicyclic) bond motifs is 1. The van der Waals surface area contributed by atoms with Crippen molar-refractivity contribution in [2.75, 3.05) is 18.5 Å². The Morgan fingerprint density at radius 1 is 1.08 bits per heavy atom. The van der Waals surface area contributed by atoms with Gasteiger partial charge in [-0.05, 0) is 30.7 Å². The molecular weight excluding hydrogens is 539 g/mol. The largest absolute Gasteiger partial charge is 0.490 e. The lowest BCUT2D eigenvalue weighted by Gasteiger charge is -2.15. The number of nitrogens with one attached hydrogen (secondary N) is 3. The van der Waals surface area contributed by atoms with E-state index in [1.54, 1.807) is 30.3 Å². The number of nitrogens with zero attached hydrogens (tertiary/aromatic N) is 2. The summed E-state index contributed by atoms with van der Waals surface area (Å²) in [4.78, 5) is 35.9. The quantitative estimate of drug-likeness (QED) is 0.206. The number of aromatic amines is 1. The van der Waals surface area contributed by atoms with Crippen molar-refractivity contribution in [1.82, 2.24) is 20.3 Å². The smallest absolute Gasteiger partial charge is 0.457 e. The van der Waals surface area contributed by atoms with E-state index < -0.39 is 24.8 Å². The summed E-state index contributed by atoms with van der Waals surface area (Å²) >= 11 is 6.46. The first-order valence-electron chi connectivity index (χ1n) is 11.8. The first-order valence-corrected chi connectivity index (χ1v) is 12.2. The molecule has 2 aromatic heterocycles. The van der Waals surface area contributed by atoms with Crippen molar-refractivity contribution in [3.8, 4) is 11.5 Å². The topological polar surface area (TPSA) is 118 Å². The molecule has 0 aliphatic carbocycles. The molecule has 2 atom stereocenters. The Hall–Kier alpha value is -4.16. The van der Waals surface area contributed by atoms with Crippen LogP contribution in [0.1, 0.15) is 22.3 Å². The highest BCUT2D eigenvalue weighted by Gasteiger charge is 2.41. The van der Waals surface area contributed by atoms with Gasteiger partial charge in [0.05, 0.1) is 16.0 Å². The predicted molar refractivity (Wildman–Crippen MR) is 136 cm³/mol. The monoisotopic (exact) mass is 559 g/mol. The molecule has 1 saturated heterocycles. The van der Waals surface area contributed by atoms with Gasteiger partial charge in [0.25, 0.3) is 0 Å². The third kappa shape index (κ3) is 5.96. The summed E-state index contributed by atoms with van der Waals surface area (Å²) in [6.07, 6.45) is -1.84. The van der Waals surface area contributed by atoms with Gasteiger partial charge in [-0.3, -0.25) is 4.79 Å². The molecule has 3 N–H and O–H groups in total. The standard InChI is InChI=1S/C26H21ClF3N5O4/c27-20-9-17(39-16-4-2-1-3-5-16)6-7-18(20)22(36)19-11-32-23-21(19)24(34-13-33-23)35-14-8-15(31-10-14)12-38-25(37)26(28,29)30/h1-7,9,11,13-15,31H,8,10,12H2,(H2,32,33,34,35)/t14-,15+/m1/s1. The number of esters is 1. The molecule has 1 aliphatic heterocycles. The van der Waals surface area contributed by atoms with Crippen LogP contribution in [0.4, 0.5) is 19.0 Å². The van der Waals surface area contributed by atoms with Crippen LogP contribution in [-0.2, 0) is 9.53 Å². The van der Waals surface area contributed by atoms with E-state index >= 15 is 0 Å². The van der Waals surface area contributed by atoms with E-state index in [1.165, 1.54) is 12.5 Å². The summed E-state index contributed by atoms with van der Waals surface area (Å²) in [5.41, 5.74) is 0.952. The van der Waals surface area contributed by atoms with E-state index in [0.29, 0.717) is 41.3 Å². The maximum Gasteiger partial charge on any atom is 0.490 e. The first-order chi connectivity index (χ1) is 18.7. The van der Waals surface area contributed by atoms with Crippen LogP contribution >= 0.6 is 11.6 Å². The van der Waals surface area contributed by atoms with Gasteiger partial charge in [0.2, 0.25) is 0 Å². The molecule has 0 unspecified atom stereocenters. The maximum atomic E-state index is 13.5. The summed E-state index contributed by atoms with van der Waals surface area (Å²) in [5.74, 6) is -1.13. The van der Waals surface area contributed by atoms with E-state index in [1.807, 2.05) is 18.2 Å². The minimum Gasteiger partial charge on any atom is -0.457 e. The minimum absolute atomic E-state index is 0.199. The van der Waals surface area contributed by atoms with Gasteiger partial charge in [0, 0.05) is 36.5 Å². The van der Waals surface area contributed by atoms with Crippen molar-refractivity contribution in [3.63, 3.8) is 0 Å². The number of halogens is 4. The number of ether oxygens (including phenoxy) is 2. The number of alkyl halides is 3. The molecule has 39 heavy (non-hydrogen) atoms. The van der Waals surface area contributed by atoms with Crippen LogP contribution in [-0.4, -0.2) is 58.1 Å². The molecule has 1 aliphatic rings. The highest BCUT2D eigenvalue weighted by atomic mass is 35.5. The second kappa shape index (κ2) is 10.9. The van der Waals surface area contributed by atoms with E-state index in [-0.39, 0.29) is 28.0 Å². The lowest BCUT2D eigenvalue weighted by atomic mass is 10.0. The molecule has 202 valence electrons. The van der Waals surface area contributed by atoms with Crippen LogP contribution in [0.15, 0.2) is 61.1 Å². The Labute approximate surface area is 224 Å². The summed E-state index contributed by atoms with van der Waals surface area (Å²) in [6, 6.07) is 13.2. The number of carbonyl (C=O) groups excluding carboxylic acids is 2. The number of aromatic nitrogens is 3. The molecule has 4 aromatic rings. The van der Waals surface area contributed by atoms with Gasteiger partial charge in [-0.2, -0.15) is 13.2 Å². The number of carbonyl (C=O) groups is 2. The van der Waals surface area contributed by atoms with Crippen LogP contribution in [0.25, 0.3) is 11.0 Å². The van der Waals surface area contributed by atoms with Gasteiger partial charge < -0.3 is 25.1 Å². The SMILES string of the molecule is O=C(c1ccc(Oc2ccccc2)cc1Cl)c1c[nH]c2ncnc(N[C@H]3CN[C@H](COC(=O)C(F)(F)F)C3)c12. The van der Waals surface area contributed by atoms with Gasteiger partial charge in [0.15, 0.2) is 5.78 Å². The molecule has 0 spiro atoms. The fourth-order valence-electron chi connectivity index (χ4n) is 4.27. The molecule has 3 heterocycles. The Balaban J connectivity index is 1.31. The molecular formula is C26H21ClF3N5O4. The molecule has 0 saturated carbocycles. The first kappa shape index (κ1) is 26.4. The molecule has 2 aromatic carbocycles. The van der Waals surface area contributed by atoms with Gasteiger partial charge in [0.1, 0.15) is 35.9 Å². The van der Waals surface area contributed by atoms with E-state index in [0.717, 1.165) is 0 Å². The Morgan fingerprint density at radius 2 is 1.87 bits per heavy atom. The Kier molecular flexibility index (Phi) is 7.40. The average Bonchev–Trinajstić information content (AvgIpc) is 3.54. The fraction of sp³-hybridized carbons (Fsp3) is 0.231. The van der Waals surface area contributed by atoms with Crippen LogP contribution in [0.2, 0.25) is 5.02 Å². The van der Waals surface area contributed by atoms with Gasteiger partial charge in [-0.25, -0.2) is 14.8 Å². The van der Waals surface area contributed by atoms with Crippen LogP contribution in [0, 0.1) is 0 Å². The summed E-state index contributed by atoms with van der Waals surface area (Å²) in [5, 5.41) is 6.87. The number of anilines is 1. The molecule has 13 heteroatoms. The maximum absolute atomic E-state index is 13.5. The van der Waals surface area contributed by atoms with Crippen molar-refractivity contribution in [2.45, 2.75) is 24.7 Å². The van der Waals surface area contributed by atoms with Crippen molar-refractivity contribution in [3.05, 3.63) is 77.2 Å². The molecule has 0 bridgehead atoms. The fourth-order valence-corrected chi connectivity index (χ4v) is 4.53. The Morgan fingerprint density at radius 3 is 2.62 bits per heavy atom. The molecule has 0 radical (unpaired) electrons. The zero-order valence-electron chi connectivity index (χ0n) is 20.1. The molecule has 5 rings (SSSR count). The third-order valence-corrected chi connectivity index (χ3v) is 6.40. The predicted octanol–water partition coefficient (Wildman–Crippen LogP) is 4.88. The summed E-state index contributed by atoms with van der Waals surface area (Å²) < 4.78 is 47.3. The van der Waals surface area contributed by atoms with E-state index in [9.17, 15) is 22.8 Å². The number of hydrogen-bond acceptors (Lipinski definition) is 8. The van der Waals surface area contributed by atoms with E-state index in [2.05, 4.69) is 30.3 Å². The van der Waals surface area contributed by atoms with Crippen LogP contribution in [0.5, 0.6) is 11.5 Å². The van der Waals surface area contributed by atoms with Crippen molar-refractivity contribution in [1.29, 1.82) is 0 Å². The summed E-state index contributed by atoms with van der Waals surface area (Å²) in [7, 11) is 0. The number of para-hydroxylation sites is 1. The lowest BCUT2D eigenvalue weighted by molar-refractivity contribution is -0.200. The minimum atomic E-state index is -5.04. The normalized spacial score (nSPS) is 17.2.